The van der Waals surface area contributed by atoms with Crippen LogP contribution in [0.4, 0.5) is 10.5 Å². The number of halogens is 1. The van der Waals surface area contributed by atoms with Gasteiger partial charge in [-0.1, -0.05) is 22.0 Å². The minimum atomic E-state index is -1.05. The first kappa shape index (κ1) is 14.9. The number of anilines is 1. The van der Waals surface area contributed by atoms with E-state index in [4.69, 9.17) is 5.11 Å². The number of carbonyl (C=O) groups excluding carboxylic acids is 2. The Bertz CT molecular complexity index is 566. The first-order valence-corrected chi connectivity index (χ1v) is 7.71. The van der Waals surface area contributed by atoms with Crippen LogP contribution in [0.3, 0.4) is 0 Å². The Morgan fingerprint density at radius 3 is 2.85 bits per heavy atom. The van der Waals surface area contributed by atoms with Gasteiger partial charge >= 0.3 is 5.97 Å². The fraction of sp³-hybridized carbons (Fsp3) is 0.250. The summed E-state index contributed by atoms with van der Waals surface area (Å²) in [5, 5.41) is 11.3. The molecule has 2 N–H and O–H groups in total. The zero-order chi connectivity index (χ0) is 14.7. The van der Waals surface area contributed by atoms with Gasteiger partial charge in [-0.2, -0.15) is 0 Å². The van der Waals surface area contributed by atoms with Crippen molar-refractivity contribution in [2.75, 3.05) is 17.2 Å². The molecule has 106 valence electrons. The zero-order valence-electron chi connectivity index (χ0n) is 10.2. The van der Waals surface area contributed by atoms with E-state index in [9.17, 15) is 14.4 Å². The summed E-state index contributed by atoms with van der Waals surface area (Å²) in [6, 6.07) is 6.11. The highest BCUT2D eigenvalue weighted by molar-refractivity contribution is 9.09. The highest BCUT2D eigenvalue weighted by Gasteiger charge is 2.39. The smallest absolute Gasteiger partial charge is 0.335 e. The van der Waals surface area contributed by atoms with E-state index in [1.165, 1.54) is 12.1 Å². The summed E-state index contributed by atoms with van der Waals surface area (Å²) in [6.07, 6.45) is 0. The molecule has 2 amide bonds. The minimum absolute atomic E-state index is 0.120. The molecule has 1 fully saturated rings. The molecule has 0 aliphatic carbocycles. The van der Waals surface area contributed by atoms with Crippen LogP contribution in [0.5, 0.6) is 0 Å². The monoisotopic (exact) mass is 358 g/mol. The number of carboxylic acids is 1. The van der Waals surface area contributed by atoms with E-state index in [1.54, 1.807) is 12.1 Å². The van der Waals surface area contributed by atoms with Gasteiger partial charge in [0.15, 0.2) is 5.37 Å². The number of carboxylic acid groups (broad SMARTS) is 1. The topological polar surface area (TPSA) is 86.7 Å². The predicted molar refractivity (Wildman–Crippen MR) is 79.3 cm³/mol. The number of rotatable bonds is 5. The van der Waals surface area contributed by atoms with Crippen molar-refractivity contribution in [1.29, 1.82) is 0 Å². The molecule has 6 nitrogen and oxygen atoms in total. The number of hydrogen-bond donors (Lipinski definition) is 2. The molecule has 1 aliphatic rings. The molecule has 0 bridgehead atoms. The maximum absolute atomic E-state index is 12.0. The van der Waals surface area contributed by atoms with Crippen LogP contribution in [0.25, 0.3) is 0 Å². The molecule has 1 aromatic rings. The van der Waals surface area contributed by atoms with Crippen LogP contribution in [-0.4, -0.2) is 44.4 Å². The zero-order valence-corrected chi connectivity index (χ0v) is 12.6. The third-order valence-electron chi connectivity index (χ3n) is 2.64. The summed E-state index contributed by atoms with van der Waals surface area (Å²) in [5.41, 5.74) is 0.610. The fourth-order valence-electron chi connectivity index (χ4n) is 1.72. The van der Waals surface area contributed by atoms with Crippen LogP contribution in [0.2, 0.25) is 0 Å². The number of nitrogens with one attached hydrogen (secondary N) is 1. The van der Waals surface area contributed by atoms with Gasteiger partial charge in [0.05, 0.1) is 5.56 Å². The Morgan fingerprint density at radius 1 is 1.45 bits per heavy atom. The number of nitrogens with zero attached hydrogens (tertiary/aromatic N) is 1. The molecule has 1 atom stereocenters. The van der Waals surface area contributed by atoms with Crippen LogP contribution in [0, 0.1) is 0 Å². The molecule has 0 aromatic heterocycles. The van der Waals surface area contributed by atoms with Gasteiger partial charge in [-0.05, 0) is 30.0 Å². The first-order chi connectivity index (χ1) is 9.52. The molecular weight excluding hydrogens is 348 g/mol. The predicted octanol–water partition coefficient (Wildman–Crippen LogP) is 2.21. The molecule has 8 heteroatoms. The Morgan fingerprint density at radius 2 is 2.20 bits per heavy atom. The van der Waals surface area contributed by atoms with E-state index in [-0.39, 0.29) is 16.7 Å². The molecule has 1 unspecified atom stereocenters. The number of benzene rings is 1. The third-order valence-corrected chi connectivity index (χ3v) is 3.98. The maximum atomic E-state index is 12.0. The first-order valence-electron chi connectivity index (χ1n) is 5.71. The summed E-state index contributed by atoms with van der Waals surface area (Å²) in [4.78, 5) is 35.7. The van der Waals surface area contributed by atoms with Crippen LogP contribution in [0.15, 0.2) is 24.3 Å². The lowest BCUT2D eigenvalue weighted by Gasteiger charge is -2.13. The van der Waals surface area contributed by atoms with Crippen LogP contribution in [0.1, 0.15) is 10.4 Å². The van der Waals surface area contributed by atoms with Crippen LogP contribution < -0.4 is 5.32 Å². The molecule has 1 aliphatic heterocycles. The highest BCUT2D eigenvalue weighted by Crippen LogP contribution is 2.28. The van der Waals surface area contributed by atoms with Gasteiger partial charge in [0, 0.05) is 17.6 Å². The fourth-order valence-corrected chi connectivity index (χ4v) is 3.00. The van der Waals surface area contributed by atoms with Crippen molar-refractivity contribution in [2.45, 2.75) is 5.37 Å². The second kappa shape index (κ2) is 6.27. The Kier molecular flexibility index (Phi) is 4.66. The van der Waals surface area contributed by atoms with Gasteiger partial charge in [0.2, 0.25) is 0 Å². The minimum Gasteiger partial charge on any atom is -0.478 e. The van der Waals surface area contributed by atoms with Crippen molar-refractivity contribution in [3.8, 4) is 0 Å². The Hall–Kier alpha value is -1.54. The third kappa shape index (κ3) is 3.13. The van der Waals surface area contributed by atoms with E-state index in [0.717, 1.165) is 16.7 Å². The second-order valence-electron chi connectivity index (χ2n) is 3.97. The van der Waals surface area contributed by atoms with Crippen molar-refractivity contribution in [1.82, 2.24) is 4.90 Å². The lowest BCUT2D eigenvalue weighted by atomic mass is 10.2. The molecule has 0 radical (unpaired) electrons. The normalized spacial score (nSPS) is 18.4. The summed E-state index contributed by atoms with van der Waals surface area (Å²) in [5.74, 6) is -1.36. The van der Waals surface area contributed by atoms with E-state index in [2.05, 4.69) is 21.2 Å². The van der Waals surface area contributed by atoms with Crippen molar-refractivity contribution >= 4 is 50.5 Å². The number of imide groups is 1. The van der Waals surface area contributed by atoms with E-state index in [0.29, 0.717) is 17.6 Å². The number of amides is 2. The largest absolute Gasteiger partial charge is 0.478 e. The molecule has 1 aromatic carbocycles. The summed E-state index contributed by atoms with van der Waals surface area (Å²) >= 11 is 4.07. The van der Waals surface area contributed by atoms with Crippen molar-refractivity contribution in [3.63, 3.8) is 0 Å². The SMILES string of the molecule is O=C(O)c1cccc(NC2SC(=O)N(CCBr)C2=O)c1. The van der Waals surface area contributed by atoms with Crippen LogP contribution in [-0.2, 0) is 4.79 Å². The van der Waals surface area contributed by atoms with E-state index >= 15 is 0 Å². The number of hydrogen-bond acceptors (Lipinski definition) is 5. The standard InChI is InChI=1S/C12H11BrN2O4S/c13-4-5-15-10(16)9(20-12(15)19)14-8-3-1-2-7(6-8)11(17)18/h1-3,6,9,14H,4-5H2,(H,17,18). The van der Waals surface area contributed by atoms with Gasteiger partial charge in [-0.3, -0.25) is 14.5 Å². The lowest BCUT2D eigenvalue weighted by molar-refractivity contribution is -0.125. The highest BCUT2D eigenvalue weighted by atomic mass is 79.9. The average Bonchev–Trinajstić information content (AvgIpc) is 2.67. The number of alkyl halides is 1. The summed E-state index contributed by atoms with van der Waals surface area (Å²) < 4.78 is 0. The summed E-state index contributed by atoms with van der Waals surface area (Å²) in [6.45, 7) is 0.317. The van der Waals surface area contributed by atoms with Gasteiger partial charge < -0.3 is 10.4 Å². The van der Waals surface area contributed by atoms with Crippen molar-refractivity contribution < 1.29 is 19.5 Å². The van der Waals surface area contributed by atoms with Gasteiger partial charge in [0.1, 0.15) is 0 Å². The maximum Gasteiger partial charge on any atom is 0.335 e. The summed E-state index contributed by atoms with van der Waals surface area (Å²) in [7, 11) is 0. The Labute approximate surface area is 127 Å². The number of aromatic carboxylic acids is 1. The molecule has 1 saturated heterocycles. The quantitative estimate of drug-likeness (QED) is 0.784. The van der Waals surface area contributed by atoms with Gasteiger partial charge in [0.25, 0.3) is 11.1 Å². The van der Waals surface area contributed by atoms with Gasteiger partial charge in [-0.15, -0.1) is 0 Å². The molecule has 0 spiro atoms. The van der Waals surface area contributed by atoms with Crippen LogP contribution >= 0.6 is 27.7 Å². The second-order valence-corrected chi connectivity index (χ2v) is 5.82. The van der Waals surface area contributed by atoms with E-state index < -0.39 is 11.3 Å². The molecule has 1 heterocycles. The van der Waals surface area contributed by atoms with E-state index in [1.807, 2.05) is 0 Å². The Balaban J connectivity index is 2.11. The number of thioether (sulfide) groups is 1. The molecule has 2 rings (SSSR count). The number of carbonyl (C=O) groups is 3. The van der Waals surface area contributed by atoms with Crippen molar-refractivity contribution in [2.24, 2.45) is 0 Å². The average molecular weight is 359 g/mol. The lowest BCUT2D eigenvalue weighted by Crippen LogP contribution is -2.35. The molecule has 20 heavy (non-hydrogen) atoms. The van der Waals surface area contributed by atoms with Gasteiger partial charge in [-0.25, -0.2) is 4.79 Å². The van der Waals surface area contributed by atoms with Crippen molar-refractivity contribution in [3.05, 3.63) is 29.8 Å². The molecule has 0 saturated carbocycles. The molecular formula is C12H11BrN2O4S.